The third-order valence-electron chi connectivity index (χ3n) is 6.63. The van der Waals surface area contributed by atoms with Crippen LogP contribution in [-0.4, -0.2) is 64.8 Å². The van der Waals surface area contributed by atoms with E-state index in [9.17, 15) is 19.2 Å². The molecule has 0 aromatic heterocycles. The summed E-state index contributed by atoms with van der Waals surface area (Å²) in [5, 5.41) is 2.94. The van der Waals surface area contributed by atoms with E-state index in [4.69, 9.17) is 10.5 Å². The fourth-order valence-corrected chi connectivity index (χ4v) is 4.68. The summed E-state index contributed by atoms with van der Waals surface area (Å²) in [6.45, 7) is 2.94. The second-order valence-electron chi connectivity index (χ2n) is 8.56. The van der Waals surface area contributed by atoms with E-state index in [1.54, 1.807) is 41.0 Å². The second kappa shape index (κ2) is 8.20. The van der Waals surface area contributed by atoms with E-state index in [0.29, 0.717) is 56.6 Å². The fourth-order valence-electron chi connectivity index (χ4n) is 4.68. The molecule has 9 nitrogen and oxygen atoms in total. The van der Waals surface area contributed by atoms with Crippen molar-refractivity contribution in [1.82, 2.24) is 15.1 Å². The number of piperidine rings is 1. The molecule has 2 saturated heterocycles. The lowest BCUT2D eigenvalue weighted by molar-refractivity contribution is -0.146. The van der Waals surface area contributed by atoms with Crippen molar-refractivity contribution < 1.29 is 23.9 Å². The number of hydrogen-bond acceptors (Lipinski definition) is 5. The number of carbonyl (C=O) groups excluding carboxylic acids is 4. The van der Waals surface area contributed by atoms with Gasteiger partial charge in [-0.3, -0.25) is 19.2 Å². The highest BCUT2D eigenvalue weighted by atomic mass is 16.5. The van der Waals surface area contributed by atoms with Crippen LogP contribution in [0.4, 0.5) is 0 Å². The van der Waals surface area contributed by atoms with Crippen molar-refractivity contribution >= 4 is 23.6 Å². The zero-order chi connectivity index (χ0) is 22.2. The Bertz CT molecular complexity index is 911. The van der Waals surface area contributed by atoms with Gasteiger partial charge in [0.05, 0.1) is 5.56 Å². The molecule has 0 radical (unpaired) electrons. The molecule has 9 heteroatoms. The number of fused-ring (bicyclic) bond motifs is 1. The van der Waals surface area contributed by atoms with Gasteiger partial charge in [-0.25, -0.2) is 0 Å². The first-order valence-corrected chi connectivity index (χ1v) is 10.8. The van der Waals surface area contributed by atoms with Gasteiger partial charge in [0.15, 0.2) is 5.72 Å². The van der Waals surface area contributed by atoms with Crippen molar-refractivity contribution in [3.05, 3.63) is 29.8 Å². The number of likely N-dealkylation sites (tertiary alicyclic amines) is 2. The molecule has 0 aliphatic carbocycles. The van der Waals surface area contributed by atoms with E-state index in [1.165, 1.54) is 0 Å². The number of primary amides is 1. The lowest BCUT2D eigenvalue weighted by Gasteiger charge is -2.39. The van der Waals surface area contributed by atoms with E-state index >= 15 is 0 Å². The summed E-state index contributed by atoms with van der Waals surface area (Å²) in [6, 6.07) is 6.41. The molecule has 2 atom stereocenters. The standard InChI is InChI=1S/C22H28N4O5/c1-14(21(30)25-11-7-15(8-12-25)19(23)28)26-13-10-22(9-6-18(26)27)24-20(29)16-4-2-3-5-17(16)31-22/h2-5,14-15H,6-13H2,1H3,(H2,23,28)(H,24,29)/t14-,22+/m0/s1. The lowest BCUT2D eigenvalue weighted by atomic mass is 9.96. The molecule has 3 aliphatic heterocycles. The van der Waals surface area contributed by atoms with Crippen molar-refractivity contribution in [3.63, 3.8) is 0 Å². The van der Waals surface area contributed by atoms with Gasteiger partial charge in [0.1, 0.15) is 11.8 Å². The summed E-state index contributed by atoms with van der Waals surface area (Å²) >= 11 is 0. The zero-order valence-corrected chi connectivity index (χ0v) is 17.6. The average molecular weight is 428 g/mol. The maximum atomic E-state index is 13.0. The van der Waals surface area contributed by atoms with Gasteiger partial charge in [0.25, 0.3) is 5.91 Å². The molecule has 3 heterocycles. The highest BCUT2D eigenvalue weighted by Crippen LogP contribution is 2.34. The number of amides is 4. The van der Waals surface area contributed by atoms with Crippen LogP contribution in [0.3, 0.4) is 0 Å². The summed E-state index contributed by atoms with van der Waals surface area (Å²) in [5.74, 6) is -0.511. The van der Waals surface area contributed by atoms with Gasteiger partial charge in [-0.05, 0) is 31.9 Å². The average Bonchev–Trinajstić information content (AvgIpc) is 2.92. The van der Waals surface area contributed by atoms with E-state index in [0.717, 1.165) is 0 Å². The zero-order valence-electron chi connectivity index (χ0n) is 17.6. The molecule has 1 aromatic rings. The van der Waals surface area contributed by atoms with Crippen molar-refractivity contribution in [2.75, 3.05) is 19.6 Å². The molecule has 166 valence electrons. The van der Waals surface area contributed by atoms with E-state index in [-0.39, 0.29) is 36.0 Å². The van der Waals surface area contributed by atoms with Crippen LogP contribution in [-0.2, 0) is 14.4 Å². The van der Waals surface area contributed by atoms with Crippen molar-refractivity contribution in [1.29, 1.82) is 0 Å². The number of carbonyl (C=O) groups is 4. The molecule has 4 rings (SSSR count). The lowest BCUT2D eigenvalue weighted by Crippen LogP contribution is -2.56. The molecule has 0 bridgehead atoms. The Kier molecular flexibility index (Phi) is 5.60. The minimum atomic E-state index is -0.960. The van der Waals surface area contributed by atoms with Crippen LogP contribution in [0, 0.1) is 5.92 Å². The summed E-state index contributed by atoms with van der Waals surface area (Å²) in [4.78, 5) is 53.1. The quantitative estimate of drug-likeness (QED) is 0.731. The Morgan fingerprint density at radius 1 is 1.16 bits per heavy atom. The monoisotopic (exact) mass is 428 g/mol. The minimum absolute atomic E-state index is 0.133. The topological polar surface area (TPSA) is 122 Å². The van der Waals surface area contributed by atoms with Crippen molar-refractivity contribution in [3.8, 4) is 5.75 Å². The number of hydrogen-bond donors (Lipinski definition) is 2. The van der Waals surface area contributed by atoms with Crippen LogP contribution in [0.25, 0.3) is 0 Å². The molecule has 3 N–H and O–H groups in total. The first-order chi connectivity index (χ1) is 14.8. The Morgan fingerprint density at radius 2 is 1.87 bits per heavy atom. The summed E-state index contributed by atoms with van der Waals surface area (Å²) in [7, 11) is 0. The van der Waals surface area contributed by atoms with Crippen molar-refractivity contribution in [2.45, 2.75) is 50.8 Å². The summed E-state index contributed by atoms with van der Waals surface area (Å²) < 4.78 is 6.15. The van der Waals surface area contributed by atoms with Gasteiger partial charge in [-0.1, -0.05) is 12.1 Å². The predicted octanol–water partition coefficient (Wildman–Crippen LogP) is 0.630. The third kappa shape index (κ3) is 4.08. The molecule has 1 spiro atoms. The first-order valence-electron chi connectivity index (χ1n) is 10.8. The maximum absolute atomic E-state index is 13.0. The number of nitrogens with one attached hydrogen (secondary N) is 1. The van der Waals surface area contributed by atoms with Gasteiger partial charge in [-0.2, -0.15) is 0 Å². The second-order valence-corrected chi connectivity index (χ2v) is 8.56. The Morgan fingerprint density at radius 3 is 2.58 bits per heavy atom. The van der Waals surface area contributed by atoms with Crippen LogP contribution in [0.5, 0.6) is 5.75 Å². The molecule has 0 saturated carbocycles. The number of nitrogens with two attached hydrogens (primary N) is 1. The Hall–Kier alpha value is -3.10. The van der Waals surface area contributed by atoms with Crippen LogP contribution in [0.1, 0.15) is 49.4 Å². The Balaban J connectivity index is 1.43. The molecule has 2 fully saturated rings. The molecular weight excluding hydrogens is 400 g/mol. The normalized spacial score (nSPS) is 25.3. The SMILES string of the molecule is C[C@@H](C(=O)N1CCC(C(N)=O)CC1)N1CC[C@]2(CCC1=O)NC(=O)c1ccccc1O2. The van der Waals surface area contributed by atoms with E-state index in [1.807, 2.05) is 0 Å². The molecule has 4 amide bonds. The summed E-state index contributed by atoms with van der Waals surface area (Å²) in [6.07, 6.45) is 1.99. The molecule has 3 aliphatic rings. The molecule has 1 aromatic carbocycles. The van der Waals surface area contributed by atoms with Gasteiger partial charge in [-0.15, -0.1) is 0 Å². The van der Waals surface area contributed by atoms with Gasteiger partial charge < -0.3 is 25.6 Å². The Labute approximate surface area is 180 Å². The van der Waals surface area contributed by atoms with Crippen molar-refractivity contribution in [2.24, 2.45) is 11.7 Å². The third-order valence-corrected chi connectivity index (χ3v) is 6.63. The number of benzene rings is 1. The van der Waals surface area contributed by atoms with Crippen LogP contribution < -0.4 is 15.8 Å². The highest BCUT2D eigenvalue weighted by Gasteiger charge is 2.44. The van der Waals surface area contributed by atoms with E-state index in [2.05, 4.69) is 5.32 Å². The maximum Gasteiger partial charge on any atom is 0.258 e. The fraction of sp³-hybridized carbons (Fsp3) is 0.545. The number of para-hydroxylation sites is 1. The smallest absolute Gasteiger partial charge is 0.258 e. The predicted molar refractivity (Wildman–Crippen MR) is 111 cm³/mol. The molecular formula is C22H28N4O5. The number of ether oxygens (including phenoxy) is 1. The molecule has 0 unspecified atom stereocenters. The van der Waals surface area contributed by atoms with Gasteiger partial charge in [0.2, 0.25) is 17.7 Å². The number of nitrogens with zero attached hydrogens (tertiary/aromatic N) is 2. The minimum Gasteiger partial charge on any atom is -0.467 e. The van der Waals surface area contributed by atoms with Crippen LogP contribution in [0.15, 0.2) is 24.3 Å². The van der Waals surface area contributed by atoms with E-state index < -0.39 is 11.8 Å². The first kappa shape index (κ1) is 21.1. The largest absolute Gasteiger partial charge is 0.467 e. The highest BCUT2D eigenvalue weighted by molar-refractivity contribution is 5.98. The van der Waals surface area contributed by atoms with Crippen LogP contribution in [0.2, 0.25) is 0 Å². The summed E-state index contributed by atoms with van der Waals surface area (Å²) in [5.41, 5.74) is 4.89. The van der Waals surface area contributed by atoms with Crippen LogP contribution >= 0.6 is 0 Å². The van der Waals surface area contributed by atoms with Gasteiger partial charge in [0, 0.05) is 44.8 Å². The number of rotatable bonds is 3. The molecule has 31 heavy (non-hydrogen) atoms. The van der Waals surface area contributed by atoms with Gasteiger partial charge >= 0.3 is 0 Å².